The van der Waals surface area contributed by atoms with Gasteiger partial charge in [-0.3, -0.25) is 9.59 Å². The Morgan fingerprint density at radius 2 is 1.79 bits per heavy atom. The summed E-state index contributed by atoms with van der Waals surface area (Å²) in [5, 5.41) is 0. The number of esters is 1. The molecule has 0 saturated heterocycles. The third-order valence-electron chi connectivity index (χ3n) is 9.47. The van der Waals surface area contributed by atoms with Gasteiger partial charge in [-0.05, 0) is 112 Å². The number of rotatable bonds is 15. The molecule has 2 saturated carbocycles. The quantitative estimate of drug-likeness (QED) is 0.0969. The average molecular weight is 537 g/mol. The maximum absolute atomic E-state index is 12.9. The van der Waals surface area contributed by atoms with E-state index in [1.54, 1.807) is 6.07 Å². The number of ketones is 1. The molecule has 0 bridgehead atoms. The van der Waals surface area contributed by atoms with Crippen LogP contribution >= 0.6 is 0 Å². The zero-order valence-corrected chi connectivity index (χ0v) is 24.4. The Morgan fingerprint density at radius 1 is 1.05 bits per heavy atom. The van der Waals surface area contributed by atoms with Gasteiger partial charge in [-0.1, -0.05) is 76.3 Å². The number of benzene rings is 1. The lowest BCUT2D eigenvalue weighted by Crippen LogP contribution is -2.42. The van der Waals surface area contributed by atoms with Crippen LogP contribution in [0.4, 0.5) is 0 Å². The van der Waals surface area contributed by atoms with Crippen LogP contribution in [-0.2, 0) is 16.0 Å². The Bertz CT molecular complexity index is 1190. The molecule has 0 amide bonds. The van der Waals surface area contributed by atoms with Gasteiger partial charge in [0.05, 0.1) is 2.74 Å². The molecule has 0 heterocycles. The van der Waals surface area contributed by atoms with Gasteiger partial charge < -0.3 is 4.74 Å². The smallest absolute Gasteiger partial charge is 0.311 e. The first-order chi connectivity index (χ1) is 20.6. The van der Waals surface area contributed by atoms with Crippen molar-refractivity contribution in [3.63, 3.8) is 0 Å². The molecule has 4 atom stereocenters. The minimum atomic E-state index is -1.77. The van der Waals surface area contributed by atoms with Gasteiger partial charge in [0.1, 0.15) is 11.5 Å². The van der Waals surface area contributed by atoms with Crippen molar-refractivity contribution in [1.82, 2.24) is 0 Å². The van der Waals surface area contributed by atoms with Crippen molar-refractivity contribution in [2.24, 2.45) is 17.3 Å². The molecule has 0 radical (unpaired) electrons. The minimum Gasteiger partial charge on any atom is -0.427 e. The Labute approximate surface area is 243 Å². The van der Waals surface area contributed by atoms with E-state index in [9.17, 15) is 9.59 Å². The van der Waals surface area contributed by atoms with Gasteiger partial charge in [-0.2, -0.15) is 0 Å². The predicted molar refractivity (Wildman–Crippen MR) is 161 cm³/mol. The van der Waals surface area contributed by atoms with E-state index >= 15 is 0 Å². The maximum atomic E-state index is 12.9. The van der Waals surface area contributed by atoms with Gasteiger partial charge in [0, 0.05) is 21.0 Å². The summed E-state index contributed by atoms with van der Waals surface area (Å²) in [7, 11) is 0. The second kappa shape index (κ2) is 15.0. The van der Waals surface area contributed by atoms with Crippen molar-refractivity contribution in [3.8, 4) is 5.75 Å². The largest absolute Gasteiger partial charge is 0.427 e. The second-order valence-electron chi connectivity index (χ2n) is 12.2. The molecule has 39 heavy (non-hydrogen) atoms. The lowest BCUT2D eigenvalue weighted by Gasteiger charge is -2.48. The summed E-state index contributed by atoms with van der Waals surface area (Å²) < 4.78 is 39.6. The number of unbranched alkanes of at least 4 members (excludes halogenated alkanes) is 8. The summed E-state index contributed by atoms with van der Waals surface area (Å²) in [5.41, 5.74) is 1.21. The van der Waals surface area contributed by atoms with Crippen LogP contribution < -0.4 is 4.74 Å². The van der Waals surface area contributed by atoms with Gasteiger partial charge in [0.25, 0.3) is 0 Å². The van der Waals surface area contributed by atoms with Crippen LogP contribution in [0.3, 0.4) is 0 Å². The fourth-order valence-electron chi connectivity index (χ4n) is 7.08. The Morgan fingerprint density at radius 3 is 2.59 bits per heavy atom. The van der Waals surface area contributed by atoms with Gasteiger partial charge >= 0.3 is 5.97 Å². The van der Waals surface area contributed by atoms with Crippen LogP contribution in [0.25, 0.3) is 0 Å². The highest BCUT2D eigenvalue weighted by molar-refractivity contribution is 5.87. The summed E-state index contributed by atoms with van der Waals surface area (Å²) in [6, 6.07) is 2.00. The molecular formula is C36H52O3. The number of allylic oxidation sites excluding steroid dienone is 4. The number of fused-ring (bicyclic) bond motifs is 5. The molecule has 4 rings (SSSR count). The van der Waals surface area contributed by atoms with Gasteiger partial charge in [0.15, 0.2) is 0 Å². The first-order valence-electron chi connectivity index (χ1n) is 17.8. The highest BCUT2D eigenvalue weighted by Crippen LogP contribution is 2.59. The van der Waals surface area contributed by atoms with Crippen LogP contribution in [0.5, 0.6) is 5.75 Å². The predicted octanol–water partition coefficient (Wildman–Crippen LogP) is 9.83. The molecule has 0 aromatic heterocycles. The topological polar surface area (TPSA) is 43.4 Å². The molecule has 3 aliphatic rings. The van der Waals surface area contributed by atoms with Gasteiger partial charge in [-0.25, -0.2) is 0 Å². The number of hydrogen-bond acceptors (Lipinski definition) is 3. The standard InChI is InChI=1S/C36H52O3/c1-3-4-5-6-7-8-9-10-11-12-13-14-15-16-17-18-35(38)39-29-20-22-30-28(27-29)19-21-32-31(30)25-26-36(2)33(32)23-24-34(36)37/h7-8,10-11,20,22,27,31-33H,3-6,9,12-19,21,23-26H2,1-2H3/b8-7-,11-10-/t31-,32-,33+,36+/m1/s1/i20D,24D2,27D. The maximum Gasteiger partial charge on any atom is 0.311 e. The van der Waals surface area contributed by atoms with Gasteiger partial charge in [-0.15, -0.1) is 0 Å². The van der Waals surface area contributed by atoms with E-state index in [0.29, 0.717) is 19.3 Å². The van der Waals surface area contributed by atoms with Crippen LogP contribution in [0.2, 0.25) is 0 Å². The van der Waals surface area contributed by atoms with Gasteiger partial charge in [0.2, 0.25) is 0 Å². The molecule has 1 aromatic rings. The lowest BCUT2D eigenvalue weighted by atomic mass is 9.55. The highest BCUT2D eigenvalue weighted by Gasteiger charge is 2.54. The van der Waals surface area contributed by atoms with E-state index in [1.807, 2.05) is 6.92 Å². The van der Waals surface area contributed by atoms with E-state index in [1.165, 1.54) is 25.7 Å². The Balaban J connectivity index is 1.20. The zero-order valence-electron chi connectivity index (χ0n) is 28.4. The summed E-state index contributed by atoms with van der Waals surface area (Å²) in [4.78, 5) is 25.5. The zero-order chi connectivity index (χ0) is 31.0. The summed E-state index contributed by atoms with van der Waals surface area (Å²) >= 11 is 0. The number of Topliss-reactive ketones (excluding diaryl/α,β-unsaturated/α-hetero) is 1. The van der Waals surface area contributed by atoms with Crippen molar-refractivity contribution in [1.29, 1.82) is 0 Å². The molecule has 3 aliphatic carbocycles. The average Bonchev–Trinajstić information content (AvgIpc) is 3.17. The van der Waals surface area contributed by atoms with E-state index < -0.39 is 11.8 Å². The summed E-state index contributed by atoms with van der Waals surface area (Å²) in [6.07, 6.45) is 22.9. The summed E-state index contributed by atoms with van der Waals surface area (Å²) in [6.45, 7) is 4.17. The lowest BCUT2D eigenvalue weighted by molar-refractivity contribution is -0.134. The van der Waals surface area contributed by atoms with Crippen molar-refractivity contribution in [2.75, 3.05) is 0 Å². The number of carbonyl (C=O) groups is 2. The van der Waals surface area contributed by atoms with E-state index in [4.69, 9.17) is 10.2 Å². The molecule has 3 nitrogen and oxygen atoms in total. The SMILES string of the molecule is [2H]c1cc2c(c([2H])c1OC(=O)CCCCCCC/C=C\C/C=C\CCCCC)CC[C@@H]1[C@@H]2CC[C@]2(C)C(=O)C([2H])([2H])C[C@@H]12. The van der Waals surface area contributed by atoms with Crippen LogP contribution in [-0.4, -0.2) is 11.8 Å². The Hall–Kier alpha value is -2.16. The third kappa shape index (κ3) is 7.95. The van der Waals surface area contributed by atoms with Crippen LogP contribution in [0.1, 0.15) is 145 Å². The normalized spacial score (nSPS) is 28.9. The summed E-state index contributed by atoms with van der Waals surface area (Å²) in [5.74, 6) is -0.263. The molecule has 214 valence electrons. The molecule has 1 aromatic carbocycles. The first kappa shape index (κ1) is 24.6. The first-order valence-corrected chi connectivity index (χ1v) is 15.8. The van der Waals surface area contributed by atoms with E-state index in [-0.39, 0.29) is 53.8 Å². The molecule has 0 spiro atoms. The van der Waals surface area contributed by atoms with Crippen molar-refractivity contribution in [2.45, 2.75) is 135 Å². The number of carbonyl (C=O) groups excluding carboxylic acids is 2. The number of ether oxygens (including phenoxy) is 1. The fourth-order valence-corrected chi connectivity index (χ4v) is 7.08. The molecule has 0 N–H and O–H groups in total. The number of hydrogen-bond donors (Lipinski definition) is 0. The van der Waals surface area contributed by atoms with Crippen LogP contribution in [0.15, 0.2) is 42.5 Å². The second-order valence-corrected chi connectivity index (χ2v) is 12.2. The van der Waals surface area contributed by atoms with Crippen LogP contribution in [0, 0.1) is 17.3 Å². The highest BCUT2D eigenvalue weighted by atomic mass is 16.5. The van der Waals surface area contributed by atoms with Crippen molar-refractivity contribution < 1.29 is 19.8 Å². The Kier molecular flexibility index (Phi) is 9.47. The molecule has 0 aliphatic heterocycles. The molecule has 3 heteroatoms. The monoisotopic (exact) mass is 536 g/mol. The molecular weight excluding hydrogens is 480 g/mol. The molecule has 2 fully saturated rings. The van der Waals surface area contributed by atoms with E-state index in [2.05, 4.69) is 31.2 Å². The fraction of sp³-hybridized carbons (Fsp3) is 0.667. The minimum absolute atomic E-state index is 0.00781. The molecule has 0 unspecified atom stereocenters. The van der Waals surface area contributed by atoms with Crippen molar-refractivity contribution >= 4 is 11.8 Å². The van der Waals surface area contributed by atoms with E-state index in [0.717, 1.165) is 68.9 Å². The van der Waals surface area contributed by atoms with Crippen molar-refractivity contribution in [3.05, 3.63) is 53.6 Å². The third-order valence-corrected chi connectivity index (χ3v) is 9.47.